The Morgan fingerprint density at radius 2 is 2.04 bits per heavy atom. The number of para-hydroxylation sites is 1. The molecule has 24 heavy (non-hydrogen) atoms. The van der Waals surface area contributed by atoms with Gasteiger partial charge in [-0.1, -0.05) is 23.8 Å². The van der Waals surface area contributed by atoms with E-state index < -0.39 is 0 Å². The molecule has 0 aliphatic heterocycles. The summed E-state index contributed by atoms with van der Waals surface area (Å²) in [5.74, 6) is 0.511. The maximum Gasteiger partial charge on any atom is 0.306 e. The molecule has 3 rings (SSSR count). The average Bonchev–Trinajstić information content (AvgIpc) is 3.01. The van der Waals surface area contributed by atoms with E-state index in [2.05, 4.69) is 4.98 Å². The summed E-state index contributed by atoms with van der Waals surface area (Å²) in [5.41, 5.74) is 2.97. The van der Waals surface area contributed by atoms with Crippen LogP contribution in [-0.4, -0.2) is 18.1 Å². The van der Waals surface area contributed by atoms with Gasteiger partial charge in [-0.25, -0.2) is 4.98 Å². The van der Waals surface area contributed by atoms with Gasteiger partial charge in [0.25, 0.3) is 0 Å². The van der Waals surface area contributed by atoms with Gasteiger partial charge in [-0.3, -0.25) is 4.79 Å². The van der Waals surface area contributed by atoms with Crippen molar-refractivity contribution in [2.24, 2.45) is 0 Å². The predicted octanol–water partition coefficient (Wildman–Crippen LogP) is 4.29. The number of carbonyl (C=O) groups excluding carboxylic acids is 1. The summed E-state index contributed by atoms with van der Waals surface area (Å²) in [7, 11) is 1.61. The molecule has 0 aliphatic carbocycles. The Morgan fingerprint density at radius 3 is 2.83 bits per heavy atom. The number of fused-ring (bicyclic) bond motifs is 1. The summed E-state index contributed by atoms with van der Waals surface area (Å²) >= 11 is 1.62. The minimum absolute atomic E-state index is 0.224. The third kappa shape index (κ3) is 3.92. The normalized spacial score (nSPS) is 10.8. The molecule has 0 saturated heterocycles. The molecule has 3 aromatic rings. The Morgan fingerprint density at radius 1 is 1.21 bits per heavy atom. The zero-order valence-electron chi connectivity index (χ0n) is 13.7. The second-order valence-corrected chi connectivity index (χ2v) is 6.67. The molecule has 5 heteroatoms. The Balaban J connectivity index is 1.55. The molecule has 0 atom stereocenters. The lowest BCUT2D eigenvalue weighted by atomic mass is 10.1. The molecule has 0 unspecified atom stereocenters. The van der Waals surface area contributed by atoms with Crippen LogP contribution in [0.1, 0.15) is 22.6 Å². The number of methoxy groups -OCH3 is 1. The fourth-order valence-corrected chi connectivity index (χ4v) is 3.45. The van der Waals surface area contributed by atoms with Crippen LogP contribution in [0, 0.1) is 6.92 Å². The highest BCUT2D eigenvalue weighted by Gasteiger charge is 2.10. The number of hydrogen-bond acceptors (Lipinski definition) is 5. The van der Waals surface area contributed by atoms with Crippen LogP contribution in [0.2, 0.25) is 0 Å². The maximum absolute atomic E-state index is 12.0. The van der Waals surface area contributed by atoms with Gasteiger partial charge < -0.3 is 9.47 Å². The first-order valence-corrected chi connectivity index (χ1v) is 8.61. The highest BCUT2D eigenvalue weighted by atomic mass is 32.1. The zero-order valence-corrected chi connectivity index (χ0v) is 14.6. The van der Waals surface area contributed by atoms with Crippen LogP contribution in [-0.2, 0) is 22.6 Å². The molecule has 2 aromatic carbocycles. The first kappa shape index (κ1) is 16.5. The Labute approximate surface area is 145 Å². The lowest BCUT2D eigenvalue weighted by Crippen LogP contribution is -2.06. The molecule has 4 nitrogen and oxygen atoms in total. The van der Waals surface area contributed by atoms with Crippen molar-refractivity contribution in [3.8, 4) is 5.75 Å². The quantitative estimate of drug-likeness (QED) is 0.628. The first-order valence-electron chi connectivity index (χ1n) is 7.79. The standard InChI is InChI=1S/C19H19NO3S/c1-13-7-8-16(22-2)14(11-13)12-23-19(21)10-9-18-20-15-5-3-4-6-17(15)24-18/h3-8,11H,9-10,12H2,1-2H3. The molecular weight excluding hydrogens is 322 g/mol. The number of hydrogen-bond donors (Lipinski definition) is 0. The molecule has 124 valence electrons. The number of aryl methyl sites for hydroxylation is 2. The summed E-state index contributed by atoms with van der Waals surface area (Å²) < 4.78 is 11.8. The fraction of sp³-hybridized carbons (Fsp3) is 0.263. The van der Waals surface area contributed by atoms with E-state index in [0.29, 0.717) is 12.8 Å². The van der Waals surface area contributed by atoms with E-state index in [1.807, 2.05) is 49.4 Å². The van der Waals surface area contributed by atoms with E-state index in [1.54, 1.807) is 18.4 Å². The molecule has 0 amide bonds. The summed E-state index contributed by atoms with van der Waals surface area (Å²) in [6.45, 7) is 2.22. The molecule has 1 aromatic heterocycles. The van der Waals surface area contributed by atoms with Crippen molar-refractivity contribution in [3.05, 3.63) is 58.6 Å². The van der Waals surface area contributed by atoms with Gasteiger partial charge >= 0.3 is 5.97 Å². The molecule has 0 N–H and O–H groups in total. The van der Waals surface area contributed by atoms with Crippen molar-refractivity contribution in [3.63, 3.8) is 0 Å². The van der Waals surface area contributed by atoms with Crippen molar-refractivity contribution in [2.45, 2.75) is 26.4 Å². The molecule has 1 heterocycles. The third-order valence-electron chi connectivity index (χ3n) is 3.71. The van der Waals surface area contributed by atoms with Crippen LogP contribution in [0.5, 0.6) is 5.75 Å². The number of carbonyl (C=O) groups is 1. The second kappa shape index (κ2) is 7.45. The predicted molar refractivity (Wildman–Crippen MR) is 95.5 cm³/mol. The van der Waals surface area contributed by atoms with Crippen LogP contribution < -0.4 is 4.74 Å². The minimum Gasteiger partial charge on any atom is -0.496 e. The average molecular weight is 341 g/mol. The van der Waals surface area contributed by atoms with Gasteiger partial charge in [-0.15, -0.1) is 11.3 Å². The van der Waals surface area contributed by atoms with Crippen molar-refractivity contribution < 1.29 is 14.3 Å². The van der Waals surface area contributed by atoms with E-state index in [9.17, 15) is 4.79 Å². The topological polar surface area (TPSA) is 48.4 Å². The third-order valence-corrected chi connectivity index (χ3v) is 4.80. The number of benzene rings is 2. The highest BCUT2D eigenvalue weighted by molar-refractivity contribution is 7.18. The van der Waals surface area contributed by atoms with Gasteiger partial charge in [0, 0.05) is 12.0 Å². The maximum atomic E-state index is 12.0. The van der Waals surface area contributed by atoms with Crippen molar-refractivity contribution in [2.75, 3.05) is 7.11 Å². The fourth-order valence-electron chi connectivity index (χ4n) is 2.49. The number of esters is 1. The highest BCUT2D eigenvalue weighted by Crippen LogP contribution is 2.23. The molecule has 0 radical (unpaired) electrons. The number of rotatable bonds is 6. The minimum atomic E-state index is -0.224. The van der Waals surface area contributed by atoms with E-state index in [4.69, 9.17) is 9.47 Å². The van der Waals surface area contributed by atoms with E-state index >= 15 is 0 Å². The lowest BCUT2D eigenvalue weighted by molar-refractivity contribution is -0.144. The molecular formula is C19H19NO3S. The van der Waals surface area contributed by atoms with Gasteiger partial charge in [0.05, 0.1) is 28.8 Å². The van der Waals surface area contributed by atoms with Crippen molar-refractivity contribution in [1.82, 2.24) is 4.98 Å². The van der Waals surface area contributed by atoms with Gasteiger partial charge in [0.2, 0.25) is 0 Å². The lowest BCUT2D eigenvalue weighted by Gasteiger charge is -2.10. The van der Waals surface area contributed by atoms with Gasteiger partial charge in [-0.05, 0) is 31.2 Å². The molecule has 0 saturated carbocycles. The van der Waals surface area contributed by atoms with Crippen LogP contribution in [0.15, 0.2) is 42.5 Å². The second-order valence-electron chi connectivity index (χ2n) is 5.55. The zero-order chi connectivity index (χ0) is 16.9. The molecule has 0 fully saturated rings. The summed E-state index contributed by atoms with van der Waals surface area (Å²) in [4.78, 5) is 16.5. The number of ether oxygens (including phenoxy) is 2. The van der Waals surface area contributed by atoms with Gasteiger partial charge in [0.1, 0.15) is 12.4 Å². The van der Waals surface area contributed by atoms with E-state index in [0.717, 1.165) is 32.1 Å². The van der Waals surface area contributed by atoms with E-state index in [-0.39, 0.29) is 12.6 Å². The van der Waals surface area contributed by atoms with Crippen LogP contribution in [0.4, 0.5) is 0 Å². The molecule has 0 bridgehead atoms. The van der Waals surface area contributed by atoms with Crippen LogP contribution >= 0.6 is 11.3 Å². The number of aromatic nitrogens is 1. The van der Waals surface area contributed by atoms with Crippen LogP contribution in [0.25, 0.3) is 10.2 Å². The first-order chi connectivity index (χ1) is 11.7. The van der Waals surface area contributed by atoms with Gasteiger partial charge in [-0.2, -0.15) is 0 Å². The smallest absolute Gasteiger partial charge is 0.306 e. The summed E-state index contributed by atoms with van der Waals surface area (Å²) in [5, 5.41) is 0.960. The van der Waals surface area contributed by atoms with Gasteiger partial charge in [0.15, 0.2) is 0 Å². The van der Waals surface area contributed by atoms with Crippen LogP contribution in [0.3, 0.4) is 0 Å². The molecule has 0 aliphatic rings. The number of thiazole rings is 1. The summed E-state index contributed by atoms with van der Waals surface area (Å²) in [6.07, 6.45) is 0.928. The van der Waals surface area contributed by atoms with E-state index in [1.165, 1.54) is 0 Å². The SMILES string of the molecule is COc1ccc(C)cc1COC(=O)CCc1nc2ccccc2s1. The Hall–Kier alpha value is -2.40. The Kier molecular flexibility index (Phi) is 5.11. The Bertz CT molecular complexity index is 824. The molecule has 0 spiro atoms. The largest absolute Gasteiger partial charge is 0.496 e. The van der Waals surface area contributed by atoms with Crippen molar-refractivity contribution in [1.29, 1.82) is 0 Å². The summed E-state index contributed by atoms with van der Waals surface area (Å²) in [6, 6.07) is 13.8. The number of nitrogens with zero attached hydrogens (tertiary/aromatic N) is 1. The van der Waals surface area contributed by atoms with Crippen molar-refractivity contribution >= 4 is 27.5 Å². The monoisotopic (exact) mass is 341 g/mol.